The van der Waals surface area contributed by atoms with Crippen LogP contribution in [-0.2, 0) is 14.0 Å². The molecule has 158 valence electrons. The van der Waals surface area contributed by atoms with Crippen LogP contribution >= 0.6 is 0 Å². The van der Waals surface area contributed by atoms with Gasteiger partial charge in [0.2, 0.25) is 0 Å². The third-order valence-corrected chi connectivity index (χ3v) is 4.85. The molecule has 1 aromatic carbocycles. The average Bonchev–Trinajstić information content (AvgIpc) is 2.81. The molecule has 9 heteroatoms. The van der Waals surface area contributed by atoms with Crippen LogP contribution in [0.3, 0.4) is 0 Å². The van der Waals surface area contributed by atoms with Gasteiger partial charge in [-0.05, 0) is 57.4 Å². The first-order valence-electron chi connectivity index (χ1n) is 8.98. The van der Waals surface area contributed by atoms with Crippen molar-refractivity contribution in [2.75, 3.05) is 13.2 Å². The zero-order valence-corrected chi connectivity index (χ0v) is 16.7. The second-order valence-corrected chi connectivity index (χ2v) is 7.50. The van der Waals surface area contributed by atoms with Crippen molar-refractivity contribution >= 4 is 12.7 Å². The molecule has 0 radical (unpaired) electrons. The second-order valence-electron chi connectivity index (χ2n) is 7.50. The molecule has 0 amide bonds. The van der Waals surface area contributed by atoms with Gasteiger partial charge in [-0.25, -0.2) is 4.39 Å². The first-order chi connectivity index (χ1) is 13.4. The average molecular weight is 414 g/mol. The lowest BCUT2D eigenvalue weighted by atomic mass is 9.82. The maximum Gasteiger partial charge on any atom is 0.573 e. The van der Waals surface area contributed by atoms with E-state index in [9.17, 15) is 13.2 Å². The van der Waals surface area contributed by atoms with E-state index in [2.05, 4.69) is 10.7 Å². The Kier molecular flexibility index (Phi) is 7.04. The third kappa shape index (κ3) is 5.98. The molecule has 1 fully saturated rings. The Morgan fingerprint density at radius 3 is 2.34 bits per heavy atom. The number of hydrogen-bond donors (Lipinski definition) is 0. The van der Waals surface area contributed by atoms with Crippen molar-refractivity contribution in [2.24, 2.45) is 0 Å². The lowest BCUT2D eigenvalue weighted by molar-refractivity contribution is -0.274. The molecule has 0 saturated carbocycles. The third-order valence-electron chi connectivity index (χ3n) is 4.85. The topological polar surface area (TPSA) is 36.9 Å². The van der Waals surface area contributed by atoms with Gasteiger partial charge in [0.15, 0.2) is 0 Å². The van der Waals surface area contributed by atoms with E-state index in [1.54, 1.807) is 27.7 Å². The number of alkyl halides is 3. The minimum atomic E-state index is -4.86. The van der Waals surface area contributed by atoms with Crippen LogP contribution in [0.4, 0.5) is 17.6 Å². The minimum Gasteiger partial charge on any atom is -0.406 e. The molecular weight excluding hydrogens is 391 g/mol. The van der Waals surface area contributed by atoms with Crippen LogP contribution in [0.1, 0.15) is 39.7 Å². The van der Waals surface area contributed by atoms with Gasteiger partial charge in [-0.3, -0.25) is 0 Å². The SMILES string of the molecule is C#CCOCCC(=C(F)B1OC(C)(C)C(C)(C)O1)c1cccc(OC(F)(F)F)c1. The molecule has 0 bridgehead atoms. The van der Waals surface area contributed by atoms with Crippen LogP contribution in [0.5, 0.6) is 5.75 Å². The number of rotatable bonds is 7. The Morgan fingerprint density at radius 1 is 1.17 bits per heavy atom. The Morgan fingerprint density at radius 2 is 1.79 bits per heavy atom. The van der Waals surface area contributed by atoms with Gasteiger partial charge in [-0.15, -0.1) is 19.6 Å². The van der Waals surface area contributed by atoms with Gasteiger partial charge < -0.3 is 18.8 Å². The Labute approximate surface area is 168 Å². The van der Waals surface area contributed by atoms with Crippen LogP contribution in [-0.4, -0.2) is 37.9 Å². The largest absolute Gasteiger partial charge is 0.573 e. The highest BCUT2D eigenvalue weighted by Gasteiger charge is 2.53. The molecule has 0 unspecified atom stereocenters. The fourth-order valence-electron chi connectivity index (χ4n) is 2.68. The summed E-state index contributed by atoms with van der Waals surface area (Å²) in [5.41, 5.74) is -2.00. The van der Waals surface area contributed by atoms with Gasteiger partial charge in [0.25, 0.3) is 0 Å². The molecule has 0 N–H and O–H groups in total. The van der Waals surface area contributed by atoms with Crippen molar-refractivity contribution in [3.05, 3.63) is 35.6 Å². The number of benzene rings is 1. The summed E-state index contributed by atoms with van der Waals surface area (Å²) in [7, 11) is -1.30. The fourth-order valence-corrected chi connectivity index (χ4v) is 2.68. The van der Waals surface area contributed by atoms with E-state index in [1.165, 1.54) is 12.1 Å². The molecule has 0 aromatic heterocycles. The van der Waals surface area contributed by atoms with E-state index in [-0.39, 0.29) is 30.8 Å². The molecule has 1 saturated heterocycles. The summed E-state index contributed by atoms with van der Waals surface area (Å²) in [5, 5.41) is 0. The summed E-state index contributed by atoms with van der Waals surface area (Å²) in [6, 6.07) is 5.06. The van der Waals surface area contributed by atoms with Crippen molar-refractivity contribution < 1.29 is 36.3 Å². The number of terminal acetylenes is 1. The monoisotopic (exact) mass is 414 g/mol. The van der Waals surface area contributed by atoms with Crippen LogP contribution in [0.2, 0.25) is 0 Å². The van der Waals surface area contributed by atoms with Crippen LogP contribution < -0.4 is 4.74 Å². The van der Waals surface area contributed by atoms with E-state index in [1.807, 2.05) is 0 Å². The second kappa shape index (κ2) is 8.78. The first kappa shape index (κ1) is 23.3. The van der Waals surface area contributed by atoms with Gasteiger partial charge in [0.1, 0.15) is 18.1 Å². The van der Waals surface area contributed by atoms with Gasteiger partial charge in [-0.2, -0.15) is 0 Å². The highest BCUT2D eigenvalue weighted by atomic mass is 19.4. The first-order valence-corrected chi connectivity index (χ1v) is 8.98. The Hall–Kier alpha value is -2.02. The van der Waals surface area contributed by atoms with Crippen molar-refractivity contribution in [3.8, 4) is 18.1 Å². The molecule has 0 atom stereocenters. The van der Waals surface area contributed by atoms with E-state index in [4.69, 9.17) is 20.5 Å². The summed E-state index contributed by atoms with van der Waals surface area (Å²) in [6.07, 6.45) is 0.320. The molecule has 29 heavy (non-hydrogen) atoms. The summed E-state index contributed by atoms with van der Waals surface area (Å²) in [6.45, 7) is 7.18. The Bertz CT molecular complexity index is 780. The number of hydrogen-bond acceptors (Lipinski definition) is 4. The maximum absolute atomic E-state index is 15.4. The van der Waals surface area contributed by atoms with Crippen molar-refractivity contribution in [1.29, 1.82) is 0 Å². The molecule has 1 aliphatic heterocycles. The zero-order chi connectivity index (χ0) is 21.9. The molecule has 1 aromatic rings. The highest BCUT2D eigenvalue weighted by molar-refractivity contribution is 6.55. The van der Waals surface area contributed by atoms with Crippen LogP contribution in [0.15, 0.2) is 30.0 Å². The van der Waals surface area contributed by atoms with Gasteiger partial charge >= 0.3 is 13.5 Å². The van der Waals surface area contributed by atoms with E-state index in [0.29, 0.717) is 0 Å². The van der Waals surface area contributed by atoms with E-state index >= 15 is 4.39 Å². The lowest BCUT2D eigenvalue weighted by Crippen LogP contribution is -2.41. The summed E-state index contributed by atoms with van der Waals surface area (Å²) in [4.78, 5) is 0. The minimum absolute atomic E-state index is 0.0304. The van der Waals surface area contributed by atoms with Crippen LogP contribution in [0, 0.1) is 12.3 Å². The molecule has 4 nitrogen and oxygen atoms in total. The number of halogens is 4. The predicted octanol–water partition coefficient (Wildman–Crippen LogP) is 4.94. The van der Waals surface area contributed by atoms with Gasteiger partial charge in [0, 0.05) is 0 Å². The zero-order valence-electron chi connectivity index (χ0n) is 16.7. The summed E-state index contributed by atoms with van der Waals surface area (Å²) < 4.78 is 73.6. The molecular formula is C20H23BF4O4. The van der Waals surface area contributed by atoms with Gasteiger partial charge in [0.05, 0.1) is 17.8 Å². The molecule has 0 aliphatic carbocycles. The van der Waals surface area contributed by atoms with E-state index < -0.39 is 36.2 Å². The van der Waals surface area contributed by atoms with Crippen LogP contribution in [0.25, 0.3) is 5.57 Å². The van der Waals surface area contributed by atoms with Crippen molar-refractivity contribution in [1.82, 2.24) is 0 Å². The predicted molar refractivity (Wildman–Crippen MR) is 102 cm³/mol. The number of ether oxygens (including phenoxy) is 2. The molecule has 1 heterocycles. The quantitative estimate of drug-likeness (QED) is 0.274. The van der Waals surface area contributed by atoms with E-state index in [0.717, 1.165) is 12.1 Å². The lowest BCUT2D eigenvalue weighted by Gasteiger charge is -2.32. The highest BCUT2D eigenvalue weighted by Crippen LogP contribution is 2.41. The Balaban J connectivity index is 2.38. The van der Waals surface area contributed by atoms with Crippen molar-refractivity contribution in [2.45, 2.75) is 51.7 Å². The van der Waals surface area contributed by atoms with Crippen molar-refractivity contribution in [3.63, 3.8) is 0 Å². The normalized spacial score (nSPS) is 18.9. The molecule has 0 spiro atoms. The maximum atomic E-state index is 15.4. The molecule has 2 rings (SSSR count). The fraction of sp³-hybridized carbons (Fsp3) is 0.500. The molecule has 1 aliphatic rings. The smallest absolute Gasteiger partial charge is 0.406 e. The standard InChI is InChI=1S/C20H23BF4O4/c1-6-11-26-12-10-16(14-8-7-9-15(13-14)27-20(23,24)25)17(22)21-28-18(2,3)19(4,5)29-21/h1,7-9,13H,10-12H2,2-5H3. The summed E-state index contributed by atoms with van der Waals surface area (Å²) in [5.74, 6) is 1.84. The summed E-state index contributed by atoms with van der Waals surface area (Å²) >= 11 is 0. The van der Waals surface area contributed by atoms with Gasteiger partial charge in [-0.1, -0.05) is 18.1 Å².